The van der Waals surface area contributed by atoms with Crippen LogP contribution >= 0.6 is 0 Å². The number of aryl methyl sites for hydroxylation is 1. The molecule has 3 heteroatoms. The van der Waals surface area contributed by atoms with Gasteiger partial charge in [0.1, 0.15) is 17.1 Å². The van der Waals surface area contributed by atoms with Gasteiger partial charge >= 0.3 is 0 Å². The number of phenols is 1. The van der Waals surface area contributed by atoms with Gasteiger partial charge in [-0.25, -0.2) is 0 Å². The summed E-state index contributed by atoms with van der Waals surface area (Å²) < 4.78 is 6.33. The Morgan fingerprint density at radius 1 is 1.21 bits per heavy atom. The molecule has 0 saturated carbocycles. The van der Waals surface area contributed by atoms with Crippen molar-refractivity contribution in [1.29, 1.82) is 0 Å². The molecule has 0 spiro atoms. The Morgan fingerprint density at radius 3 is 2.67 bits per heavy atom. The molecule has 1 N–H and O–H groups in total. The van der Waals surface area contributed by atoms with Gasteiger partial charge in [-0.1, -0.05) is 19.8 Å². The molecule has 3 rings (SSSR count). The summed E-state index contributed by atoms with van der Waals surface area (Å²) in [6.07, 6.45) is 8.98. The Balaban J connectivity index is 1.90. The number of ether oxygens (including phenoxy) is 1. The van der Waals surface area contributed by atoms with Crippen LogP contribution in [0.1, 0.15) is 62.6 Å². The molecule has 1 aliphatic heterocycles. The Hall–Kier alpha value is -2.03. The second-order valence-electron chi connectivity index (χ2n) is 7.29. The minimum atomic E-state index is -0.317. The third-order valence-corrected chi connectivity index (χ3v) is 5.04. The van der Waals surface area contributed by atoms with Gasteiger partial charge in [-0.2, -0.15) is 0 Å². The van der Waals surface area contributed by atoms with Crippen molar-refractivity contribution in [3.8, 4) is 11.5 Å². The fourth-order valence-electron chi connectivity index (χ4n) is 3.63. The van der Waals surface area contributed by atoms with E-state index in [0.717, 1.165) is 36.1 Å². The van der Waals surface area contributed by atoms with Crippen LogP contribution in [-0.2, 0) is 12.8 Å². The van der Waals surface area contributed by atoms with E-state index in [0.29, 0.717) is 5.75 Å². The second-order valence-corrected chi connectivity index (χ2v) is 7.29. The highest BCUT2D eigenvalue weighted by atomic mass is 16.5. The molecule has 0 aliphatic carbocycles. The van der Waals surface area contributed by atoms with E-state index in [2.05, 4.69) is 31.8 Å². The van der Waals surface area contributed by atoms with E-state index in [-0.39, 0.29) is 11.5 Å². The summed E-state index contributed by atoms with van der Waals surface area (Å²) >= 11 is 0. The molecular weight excluding hydrogens is 298 g/mol. The van der Waals surface area contributed by atoms with Crippen molar-refractivity contribution < 1.29 is 9.84 Å². The molecule has 1 aliphatic rings. The number of fused-ring (bicyclic) bond motifs is 1. The number of hydrogen-bond acceptors (Lipinski definition) is 3. The van der Waals surface area contributed by atoms with Gasteiger partial charge in [-0.15, -0.1) is 0 Å². The number of phenolic OH excluding ortho intramolecular Hbond substituents is 1. The maximum Gasteiger partial charge on any atom is 0.127 e. The van der Waals surface area contributed by atoms with Crippen molar-refractivity contribution in [2.45, 2.75) is 64.4 Å². The first kappa shape index (κ1) is 16.8. The summed E-state index contributed by atoms with van der Waals surface area (Å²) in [6, 6.07) is 8.11. The van der Waals surface area contributed by atoms with Crippen LogP contribution in [0.4, 0.5) is 0 Å². The van der Waals surface area contributed by atoms with Crippen molar-refractivity contribution in [1.82, 2.24) is 4.98 Å². The molecule has 1 atom stereocenters. The van der Waals surface area contributed by atoms with Crippen LogP contribution < -0.4 is 4.74 Å². The maximum atomic E-state index is 10.5. The third-order valence-electron chi connectivity index (χ3n) is 5.04. The lowest BCUT2D eigenvalue weighted by molar-refractivity contribution is 0.0604. The van der Waals surface area contributed by atoms with Crippen LogP contribution in [0.15, 0.2) is 36.7 Å². The average molecular weight is 325 g/mol. The standard InChI is InChI=1S/C21H27NO2/c1-4-5-6-7-15-12-19(23)17-14-18(16-8-10-22-11-9-16)21(2,3)24-20(17)13-15/h8-13,18,23H,4-7,14H2,1-3H3. The first-order valence-corrected chi connectivity index (χ1v) is 8.95. The monoisotopic (exact) mass is 325 g/mol. The molecule has 0 bridgehead atoms. The second kappa shape index (κ2) is 6.84. The number of hydrogen-bond donors (Lipinski definition) is 1. The number of aromatic nitrogens is 1. The average Bonchev–Trinajstić information content (AvgIpc) is 2.54. The van der Waals surface area contributed by atoms with E-state index in [1.54, 1.807) is 0 Å². The van der Waals surface area contributed by atoms with Gasteiger partial charge in [0.05, 0.1) is 0 Å². The van der Waals surface area contributed by atoms with Crippen LogP contribution in [-0.4, -0.2) is 15.7 Å². The summed E-state index contributed by atoms with van der Waals surface area (Å²) in [5, 5.41) is 10.5. The van der Waals surface area contributed by atoms with Gasteiger partial charge in [0.15, 0.2) is 0 Å². The Kier molecular flexibility index (Phi) is 4.79. The Bertz CT molecular complexity index is 694. The molecule has 0 fully saturated rings. The van der Waals surface area contributed by atoms with E-state index in [1.165, 1.54) is 18.4 Å². The number of aromatic hydroxyl groups is 1. The zero-order chi connectivity index (χ0) is 17.2. The summed E-state index contributed by atoms with van der Waals surface area (Å²) in [4.78, 5) is 4.11. The smallest absolute Gasteiger partial charge is 0.127 e. The lowest BCUT2D eigenvalue weighted by atomic mass is 9.78. The number of unbranched alkanes of at least 4 members (excludes halogenated alkanes) is 2. The maximum absolute atomic E-state index is 10.5. The highest BCUT2D eigenvalue weighted by Gasteiger charge is 2.39. The molecule has 0 amide bonds. The third kappa shape index (κ3) is 3.40. The summed E-state index contributed by atoms with van der Waals surface area (Å²) in [7, 11) is 0. The highest BCUT2D eigenvalue weighted by Crippen LogP contribution is 2.45. The first-order valence-electron chi connectivity index (χ1n) is 8.95. The molecule has 1 unspecified atom stereocenters. The Labute approximate surface area is 144 Å². The number of pyridine rings is 1. The SMILES string of the molecule is CCCCCc1cc(O)c2c(c1)OC(C)(C)C(c1ccncc1)C2. The number of benzene rings is 1. The summed E-state index contributed by atoms with van der Waals surface area (Å²) in [6.45, 7) is 6.46. The molecule has 2 aromatic rings. The van der Waals surface area contributed by atoms with E-state index in [1.807, 2.05) is 30.6 Å². The summed E-state index contributed by atoms with van der Waals surface area (Å²) in [5.41, 5.74) is 2.98. The van der Waals surface area contributed by atoms with Crippen molar-refractivity contribution in [3.05, 3.63) is 53.3 Å². The topological polar surface area (TPSA) is 42.4 Å². The largest absolute Gasteiger partial charge is 0.508 e. The fraction of sp³-hybridized carbons (Fsp3) is 0.476. The molecule has 3 nitrogen and oxygen atoms in total. The van der Waals surface area contributed by atoms with Crippen LogP contribution in [0.3, 0.4) is 0 Å². The first-order chi connectivity index (χ1) is 11.5. The summed E-state index contributed by atoms with van der Waals surface area (Å²) in [5.74, 6) is 1.41. The molecular formula is C21H27NO2. The predicted octanol–water partition coefficient (Wildman–Crippen LogP) is 5.02. The van der Waals surface area contributed by atoms with Crippen LogP contribution in [0, 0.1) is 0 Å². The lowest BCUT2D eigenvalue weighted by Crippen LogP contribution is -2.40. The molecule has 1 aromatic carbocycles. The van der Waals surface area contributed by atoms with E-state index < -0.39 is 0 Å². The van der Waals surface area contributed by atoms with E-state index in [4.69, 9.17) is 4.74 Å². The molecule has 0 saturated heterocycles. The van der Waals surface area contributed by atoms with Gasteiger partial charge in [0.25, 0.3) is 0 Å². The van der Waals surface area contributed by atoms with Crippen LogP contribution in [0.2, 0.25) is 0 Å². The lowest BCUT2D eigenvalue weighted by Gasteiger charge is -2.40. The molecule has 0 radical (unpaired) electrons. The van der Waals surface area contributed by atoms with Gasteiger partial charge in [0, 0.05) is 23.9 Å². The van der Waals surface area contributed by atoms with E-state index >= 15 is 0 Å². The van der Waals surface area contributed by atoms with Crippen molar-refractivity contribution >= 4 is 0 Å². The van der Waals surface area contributed by atoms with Gasteiger partial charge < -0.3 is 9.84 Å². The predicted molar refractivity (Wildman–Crippen MR) is 96.7 cm³/mol. The van der Waals surface area contributed by atoms with Gasteiger partial charge in [-0.05, 0) is 68.5 Å². The molecule has 24 heavy (non-hydrogen) atoms. The number of rotatable bonds is 5. The van der Waals surface area contributed by atoms with Crippen molar-refractivity contribution in [3.63, 3.8) is 0 Å². The van der Waals surface area contributed by atoms with E-state index in [9.17, 15) is 5.11 Å². The highest BCUT2D eigenvalue weighted by molar-refractivity contribution is 5.50. The van der Waals surface area contributed by atoms with Crippen molar-refractivity contribution in [2.75, 3.05) is 0 Å². The minimum absolute atomic E-state index is 0.199. The minimum Gasteiger partial charge on any atom is -0.508 e. The zero-order valence-electron chi connectivity index (χ0n) is 14.9. The number of nitrogens with zero attached hydrogens (tertiary/aromatic N) is 1. The molecule has 128 valence electrons. The normalized spacial score (nSPS) is 18.7. The van der Waals surface area contributed by atoms with Crippen LogP contribution in [0.5, 0.6) is 11.5 Å². The van der Waals surface area contributed by atoms with Crippen molar-refractivity contribution in [2.24, 2.45) is 0 Å². The van der Waals surface area contributed by atoms with Gasteiger partial charge in [-0.3, -0.25) is 4.98 Å². The van der Waals surface area contributed by atoms with Gasteiger partial charge in [0.2, 0.25) is 0 Å². The zero-order valence-corrected chi connectivity index (χ0v) is 14.9. The Morgan fingerprint density at radius 2 is 1.96 bits per heavy atom. The molecule has 2 heterocycles. The van der Waals surface area contributed by atoms with Crippen LogP contribution in [0.25, 0.3) is 0 Å². The fourth-order valence-corrected chi connectivity index (χ4v) is 3.63. The quantitative estimate of drug-likeness (QED) is 0.785. The molecule has 1 aromatic heterocycles.